The third-order valence-electron chi connectivity index (χ3n) is 3.74. The van der Waals surface area contributed by atoms with E-state index in [-0.39, 0.29) is 0 Å². The van der Waals surface area contributed by atoms with Crippen molar-refractivity contribution >= 4 is 5.69 Å². The van der Waals surface area contributed by atoms with Crippen LogP contribution >= 0.6 is 0 Å². The average Bonchev–Trinajstić information content (AvgIpc) is 3.32. The van der Waals surface area contributed by atoms with Crippen LogP contribution in [0.25, 0.3) is 11.3 Å². The summed E-state index contributed by atoms with van der Waals surface area (Å²) in [6, 6.07) is 8.47. The molecule has 110 valence electrons. The number of hydrogen-bond donors (Lipinski definition) is 2. The van der Waals surface area contributed by atoms with Gasteiger partial charge in [-0.15, -0.1) is 0 Å². The molecule has 4 nitrogen and oxygen atoms in total. The molecule has 3 rings (SSSR count). The van der Waals surface area contributed by atoms with Gasteiger partial charge in [-0.1, -0.05) is 23.8 Å². The minimum Gasteiger partial charge on any atom is -0.382 e. The molecular formula is C17H22N4. The van der Waals surface area contributed by atoms with Crippen LogP contribution in [0.1, 0.15) is 36.6 Å². The highest BCUT2D eigenvalue weighted by Gasteiger charge is 2.27. The van der Waals surface area contributed by atoms with Gasteiger partial charge in [-0.05, 0) is 38.8 Å². The number of hydrogen-bond acceptors (Lipinski definition) is 4. The van der Waals surface area contributed by atoms with Crippen LogP contribution in [0.3, 0.4) is 0 Å². The van der Waals surface area contributed by atoms with Gasteiger partial charge >= 0.3 is 0 Å². The summed E-state index contributed by atoms with van der Waals surface area (Å²) >= 11 is 0. The zero-order valence-corrected chi connectivity index (χ0v) is 12.5. The number of nitrogens with zero attached hydrogens (tertiary/aromatic N) is 2. The van der Waals surface area contributed by atoms with E-state index in [0.717, 1.165) is 35.7 Å². The molecule has 0 radical (unpaired) electrons. The number of nitrogens with one attached hydrogen (secondary N) is 1. The van der Waals surface area contributed by atoms with Crippen molar-refractivity contribution in [1.29, 1.82) is 0 Å². The normalized spacial score (nSPS) is 14.2. The molecule has 2 aromatic rings. The maximum Gasteiger partial charge on any atom is 0.132 e. The van der Waals surface area contributed by atoms with Gasteiger partial charge in [-0.25, -0.2) is 9.97 Å². The predicted molar refractivity (Wildman–Crippen MR) is 86.3 cm³/mol. The minimum atomic E-state index is 0.562. The number of rotatable bonds is 6. The first-order valence-electron chi connectivity index (χ1n) is 7.66. The van der Waals surface area contributed by atoms with Gasteiger partial charge in [-0.2, -0.15) is 0 Å². The monoisotopic (exact) mass is 282 g/mol. The van der Waals surface area contributed by atoms with Gasteiger partial charge in [0.25, 0.3) is 0 Å². The van der Waals surface area contributed by atoms with Crippen LogP contribution < -0.4 is 11.1 Å². The first kappa shape index (κ1) is 14.0. The smallest absolute Gasteiger partial charge is 0.132 e. The van der Waals surface area contributed by atoms with Crippen LogP contribution in [-0.4, -0.2) is 23.1 Å². The fourth-order valence-corrected chi connectivity index (χ4v) is 2.40. The van der Waals surface area contributed by atoms with Crippen molar-refractivity contribution in [3.63, 3.8) is 0 Å². The molecule has 0 spiro atoms. The van der Waals surface area contributed by atoms with E-state index >= 15 is 0 Å². The Balaban J connectivity index is 1.94. The standard InChI is InChI=1S/C17H22N4/c1-12-4-2-5-14(10-12)16-15(19-9-3-8-18)11-20-17(21-16)13-6-7-13/h2,4-5,10-11,13,19H,3,6-9,18H2,1H3. The Morgan fingerprint density at radius 2 is 2.19 bits per heavy atom. The summed E-state index contributed by atoms with van der Waals surface area (Å²) in [4.78, 5) is 9.34. The molecule has 1 aliphatic carbocycles. The molecular weight excluding hydrogens is 260 g/mol. The van der Waals surface area contributed by atoms with Crippen molar-refractivity contribution < 1.29 is 0 Å². The molecule has 0 amide bonds. The van der Waals surface area contributed by atoms with Gasteiger partial charge in [0, 0.05) is 18.0 Å². The van der Waals surface area contributed by atoms with Gasteiger partial charge in [-0.3, -0.25) is 0 Å². The Morgan fingerprint density at radius 3 is 2.90 bits per heavy atom. The molecule has 0 bridgehead atoms. The molecule has 1 fully saturated rings. The molecule has 1 aromatic carbocycles. The summed E-state index contributed by atoms with van der Waals surface area (Å²) in [6.45, 7) is 3.64. The molecule has 0 unspecified atom stereocenters. The fourth-order valence-electron chi connectivity index (χ4n) is 2.40. The van der Waals surface area contributed by atoms with E-state index < -0.39 is 0 Å². The van der Waals surface area contributed by atoms with Crippen LogP contribution in [0, 0.1) is 6.92 Å². The molecule has 1 heterocycles. The SMILES string of the molecule is Cc1cccc(-c2nc(C3CC3)ncc2NCCCN)c1. The average molecular weight is 282 g/mol. The molecule has 3 N–H and O–H groups in total. The summed E-state index contributed by atoms with van der Waals surface area (Å²) in [6.07, 6.45) is 5.30. The highest BCUT2D eigenvalue weighted by molar-refractivity contribution is 5.74. The lowest BCUT2D eigenvalue weighted by molar-refractivity contribution is 0.868. The van der Waals surface area contributed by atoms with E-state index in [0.29, 0.717) is 12.5 Å². The van der Waals surface area contributed by atoms with E-state index in [9.17, 15) is 0 Å². The molecule has 1 saturated carbocycles. The summed E-state index contributed by atoms with van der Waals surface area (Å²) in [5, 5.41) is 3.41. The molecule has 4 heteroatoms. The Kier molecular flexibility index (Phi) is 4.15. The van der Waals surface area contributed by atoms with Crippen LogP contribution in [0.4, 0.5) is 5.69 Å². The molecule has 0 saturated heterocycles. The molecule has 0 atom stereocenters. The topological polar surface area (TPSA) is 63.8 Å². The Bertz CT molecular complexity index is 620. The Hall–Kier alpha value is -1.94. The molecule has 21 heavy (non-hydrogen) atoms. The molecule has 1 aromatic heterocycles. The second-order valence-corrected chi connectivity index (χ2v) is 5.70. The van der Waals surface area contributed by atoms with Crippen LogP contribution in [0.2, 0.25) is 0 Å². The highest BCUT2D eigenvalue weighted by atomic mass is 15.0. The first-order valence-corrected chi connectivity index (χ1v) is 7.66. The minimum absolute atomic E-state index is 0.562. The summed E-state index contributed by atoms with van der Waals surface area (Å²) in [5.41, 5.74) is 9.96. The first-order chi connectivity index (χ1) is 10.3. The van der Waals surface area contributed by atoms with Gasteiger partial charge in [0.1, 0.15) is 5.82 Å². The number of aryl methyl sites for hydroxylation is 1. The zero-order chi connectivity index (χ0) is 14.7. The second kappa shape index (κ2) is 6.22. The Morgan fingerprint density at radius 1 is 1.33 bits per heavy atom. The third-order valence-corrected chi connectivity index (χ3v) is 3.74. The van der Waals surface area contributed by atoms with Crippen molar-refractivity contribution in [3.05, 3.63) is 41.9 Å². The largest absolute Gasteiger partial charge is 0.382 e. The fraction of sp³-hybridized carbons (Fsp3) is 0.412. The maximum absolute atomic E-state index is 5.56. The van der Waals surface area contributed by atoms with Crippen molar-refractivity contribution in [2.24, 2.45) is 5.73 Å². The number of nitrogens with two attached hydrogens (primary N) is 1. The predicted octanol–water partition coefficient (Wildman–Crippen LogP) is 3.09. The second-order valence-electron chi connectivity index (χ2n) is 5.70. The van der Waals surface area contributed by atoms with Crippen LogP contribution in [-0.2, 0) is 0 Å². The summed E-state index contributed by atoms with van der Waals surface area (Å²) in [7, 11) is 0. The van der Waals surface area contributed by atoms with Gasteiger partial charge in [0.05, 0.1) is 17.6 Å². The van der Waals surface area contributed by atoms with E-state index in [2.05, 4.69) is 41.5 Å². The lowest BCUT2D eigenvalue weighted by Crippen LogP contribution is -2.10. The maximum atomic E-state index is 5.56. The van der Waals surface area contributed by atoms with Gasteiger partial charge in [0.15, 0.2) is 0 Å². The summed E-state index contributed by atoms with van der Waals surface area (Å²) < 4.78 is 0. The van der Waals surface area contributed by atoms with Crippen LogP contribution in [0.5, 0.6) is 0 Å². The molecule has 0 aliphatic heterocycles. The van der Waals surface area contributed by atoms with Crippen molar-refractivity contribution in [2.45, 2.75) is 32.1 Å². The number of aromatic nitrogens is 2. The van der Waals surface area contributed by atoms with E-state index in [1.54, 1.807) is 0 Å². The van der Waals surface area contributed by atoms with Crippen molar-refractivity contribution in [2.75, 3.05) is 18.4 Å². The van der Waals surface area contributed by atoms with Gasteiger partial charge < -0.3 is 11.1 Å². The van der Waals surface area contributed by atoms with E-state index in [4.69, 9.17) is 10.7 Å². The lowest BCUT2D eigenvalue weighted by atomic mass is 10.1. The highest BCUT2D eigenvalue weighted by Crippen LogP contribution is 2.39. The lowest BCUT2D eigenvalue weighted by Gasteiger charge is -2.12. The number of benzene rings is 1. The zero-order valence-electron chi connectivity index (χ0n) is 12.5. The van der Waals surface area contributed by atoms with E-state index in [1.165, 1.54) is 18.4 Å². The van der Waals surface area contributed by atoms with Crippen molar-refractivity contribution in [3.8, 4) is 11.3 Å². The number of anilines is 1. The Labute approximate surface area is 125 Å². The van der Waals surface area contributed by atoms with Crippen LogP contribution in [0.15, 0.2) is 30.5 Å². The molecule has 1 aliphatic rings. The summed E-state index contributed by atoms with van der Waals surface area (Å²) in [5.74, 6) is 1.54. The van der Waals surface area contributed by atoms with Gasteiger partial charge in [0.2, 0.25) is 0 Å². The third kappa shape index (κ3) is 3.39. The van der Waals surface area contributed by atoms with Crippen molar-refractivity contribution in [1.82, 2.24) is 9.97 Å². The quantitative estimate of drug-likeness (QED) is 0.799. The van der Waals surface area contributed by atoms with E-state index in [1.807, 2.05) is 6.20 Å².